The van der Waals surface area contributed by atoms with Crippen molar-refractivity contribution in [2.45, 2.75) is 25.3 Å². The van der Waals surface area contributed by atoms with Crippen LogP contribution in [0.3, 0.4) is 0 Å². The van der Waals surface area contributed by atoms with Crippen LogP contribution in [0.25, 0.3) is 0 Å². The van der Waals surface area contributed by atoms with Gasteiger partial charge in [0.1, 0.15) is 11.9 Å². The van der Waals surface area contributed by atoms with Crippen LogP contribution in [0.5, 0.6) is 0 Å². The highest BCUT2D eigenvalue weighted by atomic mass is 19.1. The predicted octanol–water partition coefficient (Wildman–Crippen LogP) is 1.42. The van der Waals surface area contributed by atoms with Gasteiger partial charge in [0.2, 0.25) is 11.8 Å². The van der Waals surface area contributed by atoms with Crippen molar-refractivity contribution < 1.29 is 14.0 Å². The summed E-state index contributed by atoms with van der Waals surface area (Å²) < 4.78 is 13.3. The fraction of sp³-hybridized carbons (Fsp3) is 0.467. The lowest BCUT2D eigenvalue weighted by Crippen LogP contribution is -2.33. The van der Waals surface area contributed by atoms with Crippen molar-refractivity contribution in [2.75, 3.05) is 25.0 Å². The van der Waals surface area contributed by atoms with Gasteiger partial charge in [0.25, 0.3) is 0 Å². The van der Waals surface area contributed by atoms with Gasteiger partial charge in [-0.3, -0.25) is 9.59 Å². The molecule has 2 N–H and O–H groups in total. The first-order chi connectivity index (χ1) is 10.1. The minimum absolute atomic E-state index is 0.109. The summed E-state index contributed by atoms with van der Waals surface area (Å²) in [7, 11) is 0. The first-order valence-electron chi connectivity index (χ1n) is 7.26. The highest BCUT2D eigenvalue weighted by Gasteiger charge is 2.30. The smallest absolute Gasteiger partial charge is 0.246 e. The van der Waals surface area contributed by atoms with E-state index in [1.165, 1.54) is 12.1 Å². The summed E-state index contributed by atoms with van der Waals surface area (Å²) in [6, 6.07) is 3.65. The number of hydrogen-bond donors (Lipinski definition) is 2. The summed E-state index contributed by atoms with van der Waals surface area (Å²) in [5, 5.41) is 5.75. The Morgan fingerprint density at radius 1 is 1.38 bits per heavy atom. The summed E-state index contributed by atoms with van der Waals surface area (Å²) in [6.45, 7) is 2.07. The lowest BCUT2D eigenvalue weighted by Gasteiger charge is -2.16. The molecule has 21 heavy (non-hydrogen) atoms. The Labute approximate surface area is 122 Å². The maximum Gasteiger partial charge on any atom is 0.246 e. The molecule has 2 amide bonds. The number of nitrogens with one attached hydrogen (secondary N) is 2. The number of halogens is 1. The zero-order valence-corrected chi connectivity index (χ0v) is 11.7. The molecule has 0 saturated carbocycles. The van der Waals surface area contributed by atoms with Gasteiger partial charge < -0.3 is 15.5 Å². The van der Waals surface area contributed by atoms with Crippen molar-refractivity contribution in [3.8, 4) is 0 Å². The minimum Gasteiger partial charge on any atom is -0.343 e. The molecule has 1 aromatic rings. The molecule has 0 bridgehead atoms. The van der Waals surface area contributed by atoms with E-state index in [-0.39, 0.29) is 17.6 Å². The Morgan fingerprint density at radius 3 is 2.90 bits per heavy atom. The Morgan fingerprint density at radius 2 is 2.14 bits per heavy atom. The van der Waals surface area contributed by atoms with Crippen LogP contribution in [0.1, 0.15) is 30.9 Å². The average molecular weight is 291 g/mol. The number of carbonyl (C=O) groups excluding carboxylic acids is 2. The zero-order valence-electron chi connectivity index (χ0n) is 11.7. The molecular formula is C15H18FN3O2. The molecule has 2 heterocycles. The van der Waals surface area contributed by atoms with Crippen LogP contribution in [0, 0.1) is 5.82 Å². The number of nitrogens with zero attached hydrogens (tertiary/aromatic N) is 1. The summed E-state index contributed by atoms with van der Waals surface area (Å²) in [4.78, 5) is 25.7. The highest BCUT2D eigenvalue weighted by molar-refractivity contribution is 6.02. The zero-order chi connectivity index (χ0) is 14.8. The van der Waals surface area contributed by atoms with Crippen molar-refractivity contribution in [3.05, 3.63) is 29.6 Å². The van der Waals surface area contributed by atoms with E-state index >= 15 is 0 Å². The van der Waals surface area contributed by atoms with E-state index in [0.29, 0.717) is 24.2 Å². The molecule has 1 aromatic carbocycles. The molecule has 0 radical (unpaired) electrons. The molecule has 0 aromatic heterocycles. The quantitative estimate of drug-likeness (QED) is 0.882. The molecule has 112 valence electrons. The largest absolute Gasteiger partial charge is 0.343 e. The highest BCUT2D eigenvalue weighted by Crippen LogP contribution is 2.31. The molecule has 1 unspecified atom stereocenters. The maximum absolute atomic E-state index is 13.3. The van der Waals surface area contributed by atoms with Gasteiger partial charge in [0.15, 0.2) is 0 Å². The Hall–Kier alpha value is -1.95. The lowest BCUT2D eigenvalue weighted by molar-refractivity contribution is -0.130. The summed E-state index contributed by atoms with van der Waals surface area (Å²) in [5.74, 6) is -0.465. The van der Waals surface area contributed by atoms with E-state index in [1.807, 2.05) is 4.90 Å². The molecule has 6 heteroatoms. The molecule has 2 aliphatic rings. The van der Waals surface area contributed by atoms with Gasteiger partial charge in [-0.25, -0.2) is 4.39 Å². The molecule has 1 atom stereocenters. The Kier molecular flexibility index (Phi) is 3.88. The van der Waals surface area contributed by atoms with E-state index in [0.717, 1.165) is 25.9 Å². The number of fused-ring (bicyclic) bond motifs is 1. The van der Waals surface area contributed by atoms with E-state index in [2.05, 4.69) is 10.6 Å². The molecular weight excluding hydrogens is 273 g/mol. The van der Waals surface area contributed by atoms with Crippen LogP contribution in [0.2, 0.25) is 0 Å². The second kappa shape index (κ2) is 5.81. The summed E-state index contributed by atoms with van der Waals surface area (Å²) >= 11 is 0. The molecule has 1 fully saturated rings. The van der Waals surface area contributed by atoms with Crippen LogP contribution in [-0.2, 0) is 9.59 Å². The second-order valence-electron chi connectivity index (χ2n) is 5.45. The van der Waals surface area contributed by atoms with E-state index in [4.69, 9.17) is 0 Å². The molecule has 0 aliphatic carbocycles. The van der Waals surface area contributed by atoms with Crippen molar-refractivity contribution in [1.82, 2.24) is 10.2 Å². The Bertz CT molecular complexity index is 570. The number of anilines is 1. The monoisotopic (exact) mass is 291 g/mol. The number of carbonyl (C=O) groups is 2. The van der Waals surface area contributed by atoms with Gasteiger partial charge in [0, 0.05) is 37.3 Å². The van der Waals surface area contributed by atoms with Gasteiger partial charge in [-0.1, -0.05) is 0 Å². The third-order valence-electron chi connectivity index (χ3n) is 3.99. The second-order valence-corrected chi connectivity index (χ2v) is 5.45. The number of benzene rings is 1. The molecule has 5 nitrogen and oxygen atoms in total. The molecule has 0 spiro atoms. The van der Waals surface area contributed by atoms with Crippen molar-refractivity contribution >= 4 is 17.5 Å². The van der Waals surface area contributed by atoms with Gasteiger partial charge in [0.05, 0.1) is 0 Å². The molecule has 3 rings (SSSR count). The van der Waals surface area contributed by atoms with Crippen LogP contribution >= 0.6 is 0 Å². The number of rotatable bonds is 4. The van der Waals surface area contributed by atoms with Crippen LogP contribution in [0.15, 0.2) is 18.2 Å². The predicted molar refractivity (Wildman–Crippen MR) is 76.2 cm³/mol. The first-order valence-corrected chi connectivity index (χ1v) is 7.26. The maximum atomic E-state index is 13.3. The van der Waals surface area contributed by atoms with Crippen molar-refractivity contribution in [1.29, 1.82) is 0 Å². The first kappa shape index (κ1) is 14.0. The average Bonchev–Trinajstić information content (AvgIpc) is 3.08. The van der Waals surface area contributed by atoms with Gasteiger partial charge in [-0.2, -0.15) is 0 Å². The fourth-order valence-electron chi connectivity index (χ4n) is 2.88. The van der Waals surface area contributed by atoms with Gasteiger partial charge >= 0.3 is 0 Å². The summed E-state index contributed by atoms with van der Waals surface area (Å²) in [6.07, 6.45) is 2.49. The van der Waals surface area contributed by atoms with Crippen LogP contribution in [0.4, 0.5) is 10.1 Å². The van der Waals surface area contributed by atoms with E-state index < -0.39 is 6.04 Å². The lowest BCUT2D eigenvalue weighted by atomic mass is 10.1. The molecule has 2 aliphatic heterocycles. The minimum atomic E-state index is -0.581. The molecule has 1 saturated heterocycles. The number of likely N-dealkylation sites (tertiary alicyclic amines) is 1. The van der Waals surface area contributed by atoms with Crippen LogP contribution in [-0.4, -0.2) is 36.3 Å². The van der Waals surface area contributed by atoms with Crippen LogP contribution < -0.4 is 10.6 Å². The topological polar surface area (TPSA) is 61.4 Å². The standard InChI is InChI=1S/C15H18FN3O2/c16-10-3-4-12-11(9-10)14(15(21)18-12)17-6-5-13(20)19-7-1-2-8-19/h3-4,9,14,17H,1-2,5-8H2,(H,18,21). The number of hydrogen-bond acceptors (Lipinski definition) is 3. The number of amides is 2. The summed E-state index contributed by atoms with van der Waals surface area (Å²) in [5.41, 5.74) is 1.23. The third kappa shape index (κ3) is 2.90. The van der Waals surface area contributed by atoms with E-state index in [1.54, 1.807) is 6.07 Å². The fourth-order valence-corrected chi connectivity index (χ4v) is 2.88. The van der Waals surface area contributed by atoms with Crippen molar-refractivity contribution in [2.24, 2.45) is 0 Å². The third-order valence-corrected chi connectivity index (χ3v) is 3.99. The van der Waals surface area contributed by atoms with E-state index in [9.17, 15) is 14.0 Å². The van der Waals surface area contributed by atoms with Gasteiger partial charge in [-0.05, 0) is 31.0 Å². The van der Waals surface area contributed by atoms with Gasteiger partial charge in [-0.15, -0.1) is 0 Å². The SMILES string of the molecule is O=C1Nc2ccc(F)cc2C1NCCC(=O)N1CCCC1. The van der Waals surface area contributed by atoms with Crippen molar-refractivity contribution in [3.63, 3.8) is 0 Å². The Balaban J connectivity index is 1.57. The normalized spacial score (nSPS) is 20.5.